The molecule has 1 aliphatic rings. The van der Waals surface area contributed by atoms with Gasteiger partial charge in [-0.05, 0) is 31.5 Å². The first kappa shape index (κ1) is 17.5. The monoisotopic (exact) mass is 346 g/mol. The SMILES string of the molecule is CS(=O)(=O)NCCN1CCCC(COc2ccccc2Cl)C1. The minimum Gasteiger partial charge on any atom is -0.492 e. The van der Waals surface area contributed by atoms with E-state index in [1.54, 1.807) is 0 Å². The standard InChI is InChI=1S/C15H23ClN2O3S/c1-22(19,20)17-8-10-18-9-4-5-13(11-18)12-21-15-7-3-2-6-14(15)16/h2-3,6-7,13,17H,4-5,8-12H2,1H3. The van der Waals surface area contributed by atoms with Gasteiger partial charge in [-0.3, -0.25) is 0 Å². The fraction of sp³-hybridized carbons (Fsp3) is 0.600. The van der Waals surface area contributed by atoms with Crippen LogP contribution in [0.3, 0.4) is 0 Å². The van der Waals surface area contributed by atoms with Gasteiger partial charge in [0, 0.05) is 25.6 Å². The molecule has 0 aliphatic carbocycles. The molecule has 0 bridgehead atoms. The van der Waals surface area contributed by atoms with Crippen molar-refractivity contribution in [3.8, 4) is 5.75 Å². The summed E-state index contributed by atoms with van der Waals surface area (Å²) in [5, 5.41) is 0.632. The van der Waals surface area contributed by atoms with Gasteiger partial charge in [0.2, 0.25) is 10.0 Å². The van der Waals surface area contributed by atoms with Gasteiger partial charge in [0.15, 0.2) is 0 Å². The van der Waals surface area contributed by atoms with Crippen molar-refractivity contribution >= 4 is 21.6 Å². The number of hydrogen-bond acceptors (Lipinski definition) is 4. The van der Waals surface area contributed by atoms with Gasteiger partial charge < -0.3 is 9.64 Å². The zero-order valence-corrected chi connectivity index (χ0v) is 14.4. The molecule has 5 nitrogen and oxygen atoms in total. The summed E-state index contributed by atoms with van der Waals surface area (Å²) in [5.74, 6) is 1.17. The van der Waals surface area contributed by atoms with Crippen LogP contribution in [0.2, 0.25) is 5.02 Å². The largest absolute Gasteiger partial charge is 0.492 e. The molecule has 0 amide bonds. The van der Waals surface area contributed by atoms with Gasteiger partial charge in [-0.2, -0.15) is 0 Å². The van der Waals surface area contributed by atoms with Crippen LogP contribution in [0.4, 0.5) is 0 Å². The van der Waals surface area contributed by atoms with Crippen molar-refractivity contribution in [2.45, 2.75) is 12.8 Å². The summed E-state index contributed by atoms with van der Waals surface area (Å²) < 4.78 is 30.5. The first-order valence-corrected chi connectivity index (χ1v) is 9.75. The average molecular weight is 347 g/mol. The van der Waals surface area contributed by atoms with Gasteiger partial charge in [0.1, 0.15) is 5.75 Å². The molecule has 0 aromatic heterocycles. The Hall–Kier alpha value is -0.820. The van der Waals surface area contributed by atoms with Crippen LogP contribution in [-0.4, -0.2) is 52.4 Å². The summed E-state index contributed by atoms with van der Waals surface area (Å²) in [4.78, 5) is 2.28. The Labute approximate surface area is 137 Å². The number of ether oxygens (including phenoxy) is 1. The molecule has 1 unspecified atom stereocenters. The van der Waals surface area contributed by atoms with Crippen molar-refractivity contribution in [1.82, 2.24) is 9.62 Å². The van der Waals surface area contributed by atoms with Gasteiger partial charge >= 0.3 is 0 Å². The van der Waals surface area contributed by atoms with Crippen molar-refractivity contribution in [1.29, 1.82) is 0 Å². The highest BCUT2D eigenvalue weighted by Gasteiger charge is 2.20. The molecule has 22 heavy (non-hydrogen) atoms. The highest BCUT2D eigenvalue weighted by molar-refractivity contribution is 7.88. The Kier molecular flexibility index (Phi) is 6.50. The normalized spacial score (nSPS) is 20.0. The summed E-state index contributed by atoms with van der Waals surface area (Å²) in [5.41, 5.74) is 0. The first-order valence-electron chi connectivity index (χ1n) is 7.48. The highest BCUT2D eigenvalue weighted by atomic mass is 35.5. The summed E-state index contributed by atoms with van der Waals surface area (Å²) in [6.45, 7) is 3.76. The van der Waals surface area contributed by atoms with Gasteiger partial charge in [-0.1, -0.05) is 23.7 Å². The van der Waals surface area contributed by atoms with E-state index in [1.165, 1.54) is 6.26 Å². The molecule has 1 aliphatic heterocycles. The highest BCUT2D eigenvalue weighted by Crippen LogP contribution is 2.25. The first-order chi connectivity index (χ1) is 10.4. The molecule has 0 radical (unpaired) electrons. The van der Waals surface area contributed by atoms with Crippen LogP contribution in [0.15, 0.2) is 24.3 Å². The minimum atomic E-state index is -3.11. The Bertz CT molecular complexity index is 580. The molecule has 1 atom stereocenters. The Morgan fingerprint density at radius 3 is 2.91 bits per heavy atom. The maximum Gasteiger partial charge on any atom is 0.208 e. The predicted octanol–water partition coefficient (Wildman–Crippen LogP) is 1.98. The van der Waals surface area contributed by atoms with Crippen LogP contribution in [0, 0.1) is 5.92 Å². The van der Waals surface area contributed by atoms with E-state index in [9.17, 15) is 8.42 Å². The molecule has 1 N–H and O–H groups in total. The van der Waals surface area contributed by atoms with Crippen LogP contribution >= 0.6 is 11.6 Å². The average Bonchev–Trinajstić information content (AvgIpc) is 2.45. The fourth-order valence-electron chi connectivity index (χ4n) is 2.65. The third-order valence-electron chi connectivity index (χ3n) is 3.71. The van der Waals surface area contributed by atoms with E-state index in [2.05, 4.69) is 9.62 Å². The van der Waals surface area contributed by atoms with Gasteiger partial charge in [0.05, 0.1) is 17.9 Å². The minimum absolute atomic E-state index is 0.447. The maximum atomic E-state index is 11.1. The number of rotatable bonds is 7. The topological polar surface area (TPSA) is 58.6 Å². The molecular formula is C15H23ClN2O3S. The van der Waals surface area contributed by atoms with Gasteiger partial charge in [-0.15, -0.1) is 0 Å². The van der Waals surface area contributed by atoms with Crippen molar-refractivity contribution in [2.75, 3.05) is 39.0 Å². The lowest BCUT2D eigenvalue weighted by atomic mass is 9.99. The molecule has 2 rings (SSSR count). The third kappa shape index (κ3) is 6.12. The number of nitrogens with zero attached hydrogens (tertiary/aromatic N) is 1. The molecule has 1 aromatic carbocycles. The number of hydrogen-bond donors (Lipinski definition) is 1. The zero-order chi connectivity index (χ0) is 16.0. The number of piperidine rings is 1. The van der Waals surface area contributed by atoms with E-state index >= 15 is 0 Å². The van der Waals surface area contributed by atoms with E-state index in [-0.39, 0.29) is 0 Å². The second-order valence-electron chi connectivity index (χ2n) is 5.72. The second-order valence-corrected chi connectivity index (χ2v) is 7.96. The number of sulfonamides is 1. The zero-order valence-electron chi connectivity index (χ0n) is 12.8. The second kappa shape index (κ2) is 8.15. The van der Waals surface area contributed by atoms with E-state index in [0.29, 0.717) is 24.1 Å². The van der Waals surface area contributed by atoms with E-state index in [0.717, 1.165) is 38.2 Å². The Morgan fingerprint density at radius 1 is 1.41 bits per heavy atom. The predicted molar refractivity (Wildman–Crippen MR) is 89.0 cm³/mol. The maximum absolute atomic E-state index is 11.1. The molecule has 0 saturated carbocycles. The molecule has 1 aromatic rings. The number of halogens is 1. The summed E-state index contributed by atoms with van der Waals surface area (Å²) in [6.07, 6.45) is 3.42. The molecule has 1 saturated heterocycles. The smallest absolute Gasteiger partial charge is 0.208 e. The van der Waals surface area contributed by atoms with Crippen LogP contribution in [0.5, 0.6) is 5.75 Å². The van der Waals surface area contributed by atoms with Crippen molar-refractivity contribution < 1.29 is 13.2 Å². The lowest BCUT2D eigenvalue weighted by Crippen LogP contribution is -2.41. The summed E-state index contributed by atoms with van der Waals surface area (Å²) in [7, 11) is -3.11. The van der Waals surface area contributed by atoms with Crippen molar-refractivity contribution in [3.63, 3.8) is 0 Å². The number of likely N-dealkylation sites (tertiary alicyclic amines) is 1. The quantitative estimate of drug-likeness (QED) is 0.820. The molecule has 0 spiro atoms. The molecule has 1 heterocycles. The van der Waals surface area contributed by atoms with Gasteiger partial charge in [-0.25, -0.2) is 13.1 Å². The number of benzene rings is 1. The Morgan fingerprint density at radius 2 is 2.18 bits per heavy atom. The molecular weight excluding hydrogens is 324 g/mol. The number of para-hydroxylation sites is 1. The van der Waals surface area contributed by atoms with Crippen molar-refractivity contribution in [3.05, 3.63) is 29.3 Å². The summed E-state index contributed by atoms with van der Waals surface area (Å²) in [6, 6.07) is 7.48. The van der Waals surface area contributed by atoms with Crippen LogP contribution in [-0.2, 0) is 10.0 Å². The Balaban J connectivity index is 1.75. The molecule has 124 valence electrons. The summed E-state index contributed by atoms with van der Waals surface area (Å²) >= 11 is 6.08. The third-order valence-corrected chi connectivity index (χ3v) is 4.75. The van der Waals surface area contributed by atoms with E-state index < -0.39 is 10.0 Å². The fourth-order valence-corrected chi connectivity index (χ4v) is 3.30. The van der Waals surface area contributed by atoms with Crippen LogP contribution in [0.25, 0.3) is 0 Å². The lowest BCUT2D eigenvalue weighted by Gasteiger charge is -2.32. The van der Waals surface area contributed by atoms with E-state index in [1.807, 2.05) is 24.3 Å². The molecule has 7 heteroatoms. The lowest BCUT2D eigenvalue weighted by molar-refractivity contribution is 0.132. The number of nitrogens with one attached hydrogen (secondary N) is 1. The van der Waals surface area contributed by atoms with Gasteiger partial charge in [0.25, 0.3) is 0 Å². The van der Waals surface area contributed by atoms with E-state index in [4.69, 9.17) is 16.3 Å². The van der Waals surface area contributed by atoms with Crippen molar-refractivity contribution in [2.24, 2.45) is 5.92 Å². The molecule has 1 fully saturated rings. The van der Waals surface area contributed by atoms with Crippen LogP contribution in [0.1, 0.15) is 12.8 Å². The van der Waals surface area contributed by atoms with Crippen LogP contribution < -0.4 is 9.46 Å².